The Hall–Kier alpha value is -0.540. The third kappa shape index (κ3) is 4.14. The summed E-state index contributed by atoms with van der Waals surface area (Å²) in [5.41, 5.74) is 1.12. The summed E-state index contributed by atoms with van der Waals surface area (Å²) < 4.78 is 13.0. The van der Waals surface area contributed by atoms with E-state index in [-0.39, 0.29) is 16.6 Å². The second-order valence-electron chi connectivity index (χ2n) is 4.62. The van der Waals surface area contributed by atoms with Crippen molar-refractivity contribution in [2.45, 2.75) is 31.6 Å². The molecular weight excluding hydrogens is 221 g/mol. The van der Waals surface area contributed by atoms with Crippen molar-refractivity contribution in [3.05, 3.63) is 35.6 Å². The molecule has 0 aliphatic carbocycles. The van der Waals surface area contributed by atoms with Crippen LogP contribution in [0.3, 0.4) is 0 Å². The Kier molecular flexibility index (Phi) is 4.81. The van der Waals surface area contributed by atoms with Crippen LogP contribution >= 0.6 is 11.8 Å². The molecule has 3 heteroatoms. The lowest BCUT2D eigenvalue weighted by Crippen LogP contribution is -2.33. The molecule has 16 heavy (non-hydrogen) atoms. The van der Waals surface area contributed by atoms with Crippen LogP contribution in [0.2, 0.25) is 0 Å². The molecule has 1 N–H and O–H groups in total. The van der Waals surface area contributed by atoms with Crippen molar-refractivity contribution in [2.75, 3.05) is 12.8 Å². The second-order valence-corrected chi connectivity index (χ2v) is 6.13. The molecule has 1 nitrogen and oxygen atoms in total. The van der Waals surface area contributed by atoms with E-state index in [4.69, 9.17) is 0 Å². The van der Waals surface area contributed by atoms with Gasteiger partial charge in [0.05, 0.1) is 0 Å². The summed E-state index contributed by atoms with van der Waals surface area (Å²) in [4.78, 5) is 0. The van der Waals surface area contributed by atoms with Crippen LogP contribution in [0.25, 0.3) is 0 Å². The number of rotatable bonds is 5. The predicted octanol–water partition coefficient (Wildman–Crippen LogP) is 3.62. The van der Waals surface area contributed by atoms with Gasteiger partial charge in [0.2, 0.25) is 0 Å². The second kappa shape index (κ2) is 5.69. The van der Waals surface area contributed by atoms with Gasteiger partial charge in [0, 0.05) is 17.3 Å². The molecule has 0 saturated heterocycles. The maximum Gasteiger partial charge on any atom is 0.123 e. The van der Waals surface area contributed by atoms with Crippen LogP contribution < -0.4 is 5.32 Å². The molecule has 0 saturated carbocycles. The van der Waals surface area contributed by atoms with E-state index in [9.17, 15) is 4.39 Å². The highest BCUT2D eigenvalue weighted by Crippen LogP contribution is 2.21. The van der Waals surface area contributed by atoms with E-state index in [2.05, 4.69) is 32.3 Å². The van der Waals surface area contributed by atoms with Crippen LogP contribution in [-0.2, 0) is 0 Å². The lowest BCUT2D eigenvalue weighted by atomic mass is 10.1. The molecule has 0 radical (unpaired) electrons. The first-order chi connectivity index (χ1) is 7.44. The Bertz CT molecular complexity index is 321. The molecule has 0 spiro atoms. The first-order valence-electron chi connectivity index (χ1n) is 5.48. The van der Waals surface area contributed by atoms with Gasteiger partial charge < -0.3 is 5.32 Å². The third-order valence-corrected chi connectivity index (χ3v) is 4.01. The van der Waals surface area contributed by atoms with Gasteiger partial charge in [-0.2, -0.15) is 11.8 Å². The van der Waals surface area contributed by atoms with Gasteiger partial charge in [0.15, 0.2) is 0 Å². The molecule has 1 rings (SSSR count). The molecule has 0 fully saturated rings. The molecule has 0 amide bonds. The van der Waals surface area contributed by atoms with Crippen molar-refractivity contribution in [1.82, 2.24) is 5.32 Å². The summed E-state index contributed by atoms with van der Waals surface area (Å²) in [6, 6.07) is 6.94. The van der Waals surface area contributed by atoms with Gasteiger partial charge in [-0.3, -0.25) is 0 Å². The highest BCUT2D eigenvalue weighted by atomic mass is 32.2. The zero-order valence-corrected chi connectivity index (χ0v) is 11.2. The van der Waals surface area contributed by atoms with Gasteiger partial charge in [-0.25, -0.2) is 4.39 Å². The number of benzene rings is 1. The standard InChI is InChI=1S/C13H20FNS/c1-10(15-9-13(2,3)16-4)11-5-7-12(14)8-6-11/h5-8,10,15H,9H2,1-4H3. The van der Waals surface area contributed by atoms with Crippen LogP contribution in [0.4, 0.5) is 4.39 Å². The van der Waals surface area contributed by atoms with Crippen LogP contribution in [0, 0.1) is 5.82 Å². The Morgan fingerprint density at radius 2 is 1.88 bits per heavy atom. The Balaban J connectivity index is 2.53. The number of nitrogens with one attached hydrogen (secondary N) is 1. The zero-order valence-electron chi connectivity index (χ0n) is 10.4. The maximum absolute atomic E-state index is 12.8. The van der Waals surface area contributed by atoms with E-state index in [1.165, 1.54) is 12.1 Å². The number of thioether (sulfide) groups is 1. The fourth-order valence-corrected chi connectivity index (χ4v) is 1.57. The average molecular weight is 241 g/mol. The molecule has 1 aromatic rings. The van der Waals surface area contributed by atoms with Crippen molar-refractivity contribution in [2.24, 2.45) is 0 Å². The van der Waals surface area contributed by atoms with E-state index >= 15 is 0 Å². The van der Waals surface area contributed by atoms with Gasteiger partial charge in [-0.15, -0.1) is 0 Å². The quantitative estimate of drug-likeness (QED) is 0.845. The molecule has 0 aromatic heterocycles. The topological polar surface area (TPSA) is 12.0 Å². The fraction of sp³-hybridized carbons (Fsp3) is 0.538. The highest BCUT2D eigenvalue weighted by molar-refractivity contribution is 7.99. The van der Waals surface area contributed by atoms with Crippen LogP contribution in [-0.4, -0.2) is 17.5 Å². The van der Waals surface area contributed by atoms with Crippen molar-refractivity contribution < 1.29 is 4.39 Å². The monoisotopic (exact) mass is 241 g/mol. The predicted molar refractivity (Wildman–Crippen MR) is 70.4 cm³/mol. The third-order valence-electron chi connectivity index (χ3n) is 2.76. The fourth-order valence-electron chi connectivity index (χ4n) is 1.34. The number of hydrogen-bond acceptors (Lipinski definition) is 2. The van der Waals surface area contributed by atoms with Gasteiger partial charge >= 0.3 is 0 Å². The lowest BCUT2D eigenvalue weighted by molar-refractivity contribution is 0.521. The van der Waals surface area contributed by atoms with Gasteiger partial charge in [0.1, 0.15) is 5.82 Å². The molecule has 0 aliphatic heterocycles. The normalized spacial score (nSPS) is 13.8. The molecule has 0 aliphatic rings. The zero-order chi connectivity index (χ0) is 12.2. The summed E-state index contributed by atoms with van der Waals surface area (Å²) in [6.45, 7) is 7.46. The van der Waals surface area contributed by atoms with Crippen molar-refractivity contribution >= 4 is 11.8 Å². The smallest absolute Gasteiger partial charge is 0.123 e. The molecule has 0 heterocycles. The van der Waals surface area contributed by atoms with Gasteiger partial charge in [0.25, 0.3) is 0 Å². The highest BCUT2D eigenvalue weighted by Gasteiger charge is 2.17. The largest absolute Gasteiger partial charge is 0.309 e. The first kappa shape index (κ1) is 13.5. The summed E-state index contributed by atoms with van der Waals surface area (Å²) in [7, 11) is 0. The number of hydrogen-bond donors (Lipinski definition) is 1. The van der Waals surface area contributed by atoms with Crippen LogP contribution in [0.15, 0.2) is 24.3 Å². The molecule has 0 bridgehead atoms. The Morgan fingerprint density at radius 3 is 2.38 bits per heavy atom. The van der Waals surface area contributed by atoms with Crippen LogP contribution in [0.5, 0.6) is 0 Å². The van der Waals surface area contributed by atoms with E-state index in [1.807, 2.05) is 23.9 Å². The minimum Gasteiger partial charge on any atom is -0.309 e. The molecule has 1 aromatic carbocycles. The molecule has 1 unspecified atom stereocenters. The van der Waals surface area contributed by atoms with Gasteiger partial charge in [-0.05, 0) is 44.7 Å². The first-order valence-corrected chi connectivity index (χ1v) is 6.71. The minimum absolute atomic E-state index is 0.180. The molecular formula is C13H20FNS. The summed E-state index contributed by atoms with van der Waals surface area (Å²) in [5, 5.41) is 3.47. The van der Waals surface area contributed by atoms with Crippen molar-refractivity contribution in [1.29, 1.82) is 0 Å². The van der Waals surface area contributed by atoms with E-state index in [1.54, 1.807) is 0 Å². The maximum atomic E-state index is 12.8. The van der Waals surface area contributed by atoms with E-state index in [0.29, 0.717) is 0 Å². The van der Waals surface area contributed by atoms with E-state index in [0.717, 1.165) is 12.1 Å². The van der Waals surface area contributed by atoms with Crippen molar-refractivity contribution in [3.63, 3.8) is 0 Å². The SMILES string of the molecule is CSC(C)(C)CNC(C)c1ccc(F)cc1. The van der Waals surface area contributed by atoms with Gasteiger partial charge in [-0.1, -0.05) is 12.1 Å². The summed E-state index contributed by atoms with van der Waals surface area (Å²) in [5.74, 6) is -0.180. The Morgan fingerprint density at radius 1 is 1.31 bits per heavy atom. The van der Waals surface area contributed by atoms with Crippen LogP contribution in [0.1, 0.15) is 32.4 Å². The van der Waals surface area contributed by atoms with Crippen molar-refractivity contribution in [3.8, 4) is 0 Å². The Labute approximate surface area is 102 Å². The lowest BCUT2D eigenvalue weighted by Gasteiger charge is -2.25. The summed E-state index contributed by atoms with van der Waals surface area (Å²) >= 11 is 1.84. The minimum atomic E-state index is -0.180. The summed E-state index contributed by atoms with van der Waals surface area (Å²) in [6.07, 6.45) is 2.12. The number of halogens is 1. The molecule has 90 valence electrons. The molecule has 1 atom stereocenters. The average Bonchev–Trinajstić information content (AvgIpc) is 2.27. The van der Waals surface area contributed by atoms with E-state index < -0.39 is 0 Å².